The number of anilines is 1. The van der Waals surface area contributed by atoms with E-state index in [9.17, 15) is 9.59 Å². The maximum absolute atomic E-state index is 13.4. The van der Waals surface area contributed by atoms with Gasteiger partial charge >= 0.3 is 6.03 Å². The molecule has 0 saturated heterocycles. The van der Waals surface area contributed by atoms with E-state index < -0.39 is 0 Å². The molecule has 1 aliphatic heterocycles. The van der Waals surface area contributed by atoms with Crippen LogP contribution in [0.4, 0.5) is 10.5 Å². The summed E-state index contributed by atoms with van der Waals surface area (Å²) in [7, 11) is 3.21. The summed E-state index contributed by atoms with van der Waals surface area (Å²) in [6.45, 7) is 3.52. The molecular weight excluding hydrogens is 476 g/mol. The number of nitrogens with one attached hydrogen (secondary N) is 1. The molecule has 3 heterocycles. The zero-order chi connectivity index (χ0) is 25.2. The number of amides is 2. The molecule has 0 bridgehead atoms. The first-order valence-corrected chi connectivity index (χ1v) is 12.6. The van der Waals surface area contributed by atoms with Crippen molar-refractivity contribution in [3.05, 3.63) is 80.7 Å². The van der Waals surface area contributed by atoms with E-state index in [1.165, 1.54) is 11.3 Å². The summed E-state index contributed by atoms with van der Waals surface area (Å²) >= 11 is 1.50. The fraction of sp³-hybridized carbons (Fsp3) is 0.296. The maximum Gasteiger partial charge on any atom is 0.322 e. The summed E-state index contributed by atoms with van der Waals surface area (Å²) in [6, 6.07) is 13.4. The van der Waals surface area contributed by atoms with E-state index in [0.29, 0.717) is 49.4 Å². The average Bonchev–Trinajstić information content (AvgIpc) is 3.26. The van der Waals surface area contributed by atoms with Crippen LogP contribution in [0.2, 0.25) is 0 Å². The van der Waals surface area contributed by atoms with Crippen molar-refractivity contribution in [2.24, 2.45) is 0 Å². The third kappa shape index (κ3) is 4.66. The van der Waals surface area contributed by atoms with E-state index >= 15 is 0 Å². The molecule has 186 valence electrons. The van der Waals surface area contributed by atoms with Crippen LogP contribution in [0, 0.1) is 6.92 Å². The zero-order valence-corrected chi connectivity index (χ0v) is 21.4. The molecular formula is C27H28N4O4S. The molecule has 0 spiro atoms. The van der Waals surface area contributed by atoms with Crippen molar-refractivity contribution in [2.45, 2.75) is 32.9 Å². The summed E-state index contributed by atoms with van der Waals surface area (Å²) in [4.78, 5) is 34.4. The minimum Gasteiger partial charge on any atom is -0.493 e. The Bertz CT molecular complexity index is 1490. The zero-order valence-electron chi connectivity index (χ0n) is 20.5. The quantitative estimate of drug-likeness (QED) is 0.414. The van der Waals surface area contributed by atoms with Crippen LogP contribution in [0.5, 0.6) is 11.5 Å². The fourth-order valence-electron chi connectivity index (χ4n) is 4.56. The Morgan fingerprint density at radius 1 is 1.14 bits per heavy atom. The molecule has 1 aliphatic rings. The van der Waals surface area contributed by atoms with Crippen LogP contribution in [0.1, 0.15) is 21.6 Å². The molecule has 2 amide bonds. The minimum absolute atomic E-state index is 0.0318. The highest BCUT2D eigenvalue weighted by Crippen LogP contribution is 2.33. The Balaban J connectivity index is 1.33. The number of thiophene rings is 1. The van der Waals surface area contributed by atoms with Gasteiger partial charge in [-0.25, -0.2) is 9.78 Å². The van der Waals surface area contributed by atoms with Gasteiger partial charge in [0, 0.05) is 23.7 Å². The second-order valence-electron chi connectivity index (χ2n) is 8.84. The van der Waals surface area contributed by atoms with Crippen molar-refractivity contribution in [1.82, 2.24) is 14.5 Å². The average molecular weight is 505 g/mol. The van der Waals surface area contributed by atoms with Crippen molar-refractivity contribution >= 4 is 33.3 Å². The molecule has 8 nitrogen and oxygen atoms in total. The number of urea groups is 1. The molecule has 0 saturated carbocycles. The molecule has 9 heteroatoms. The third-order valence-electron chi connectivity index (χ3n) is 6.47. The Kier molecular flexibility index (Phi) is 6.65. The number of benzene rings is 2. The number of aromatic nitrogens is 2. The lowest BCUT2D eigenvalue weighted by molar-refractivity contribution is 0.207. The molecule has 36 heavy (non-hydrogen) atoms. The second kappa shape index (κ2) is 10.0. The Labute approximate surface area is 213 Å². The summed E-state index contributed by atoms with van der Waals surface area (Å²) in [5, 5.41) is 3.66. The first kappa shape index (κ1) is 23.9. The van der Waals surface area contributed by atoms with Crippen LogP contribution >= 0.6 is 11.3 Å². The number of carbonyl (C=O) groups excluding carboxylic acids is 1. The lowest BCUT2D eigenvalue weighted by Gasteiger charge is -2.27. The van der Waals surface area contributed by atoms with Crippen molar-refractivity contribution in [3.8, 4) is 11.5 Å². The Hall–Kier alpha value is -3.85. The summed E-state index contributed by atoms with van der Waals surface area (Å²) in [6.07, 6.45) is 2.91. The monoisotopic (exact) mass is 504 g/mol. The SMILES string of the molecule is COc1ccc(CCn2cnc3sc4c(c3c2=O)CCN(C(=O)Nc2cccc(C)c2)C4)cc1OC. The van der Waals surface area contributed by atoms with Gasteiger partial charge in [-0.2, -0.15) is 0 Å². The van der Waals surface area contributed by atoms with Gasteiger partial charge in [0.05, 0.1) is 32.5 Å². The van der Waals surface area contributed by atoms with Crippen LogP contribution in [0.3, 0.4) is 0 Å². The number of methoxy groups -OCH3 is 2. The van der Waals surface area contributed by atoms with E-state index in [0.717, 1.165) is 32.1 Å². The van der Waals surface area contributed by atoms with Gasteiger partial charge in [-0.05, 0) is 60.7 Å². The number of carbonyl (C=O) groups is 1. The van der Waals surface area contributed by atoms with Crippen LogP contribution in [0.25, 0.3) is 10.2 Å². The second-order valence-corrected chi connectivity index (χ2v) is 9.92. The summed E-state index contributed by atoms with van der Waals surface area (Å²) < 4.78 is 12.4. The van der Waals surface area contributed by atoms with Gasteiger partial charge in [-0.1, -0.05) is 18.2 Å². The number of ether oxygens (including phenoxy) is 2. The highest BCUT2D eigenvalue weighted by atomic mass is 32.1. The molecule has 0 atom stereocenters. The van der Waals surface area contributed by atoms with Gasteiger partial charge < -0.3 is 19.7 Å². The molecule has 0 unspecified atom stereocenters. The van der Waals surface area contributed by atoms with Crippen LogP contribution in [0.15, 0.2) is 53.6 Å². The number of fused-ring (bicyclic) bond motifs is 3. The van der Waals surface area contributed by atoms with Crippen LogP contribution in [-0.4, -0.2) is 41.2 Å². The maximum atomic E-state index is 13.4. The van der Waals surface area contributed by atoms with E-state index in [1.54, 1.807) is 30.0 Å². The minimum atomic E-state index is -0.135. The lowest BCUT2D eigenvalue weighted by Crippen LogP contribution is -2.38. The topological polar surface area (TPSA) is 85.7 Å². The van der Waals surface area contributed by atoms with E-state index in [-0.39, 0.29) is 11.6 Å². The molecule has 2 aromatic heterocycles. The molecule has 4 aromatic rings. The van der Waals surface area contributed by atoms with Gasteiger partial charge in [0.15, 0.2) is 11.5 Å². The van der Waals surface area contributed by atoms with Gasteiger partial charge in [-0.15, -0.1) is 11.3 Å². The van der Waals surface area contributed by atoms with Crippen molar-refractivity contribution in [2.75, 3.05) is 26.1 Å². The first-order chi connectivity index (χ1) is 17.5. The predicted molar refractivity (Wildman–Crippen MR) is 141 cm³/mol. The normalized spacial score (nSPS) is 12.9. The van der Waals surface area contributed by atoms with Crippen molar-refractivity contribution in [1.29, 1.82) is 0 Å². The largest absolute Gasteiger partial charge is 0.493 e. The molecule has 0 radical (unpaired) electrons. The Morgan fingerprint density at radius 3 is 2.75 bits per heavy atom. The van der Waals surface area contributed by atoms with Crippen molar-refractivity contribution in [3.63, 3.8) is 0 Å². The molecule has 5 rings (SSSR count). The number of hydrogen-bond donors (Lipinski definition) is 1. The molecule has 2 aromatic carbocycles. The predicted octanol–water partition coefficient (Wildman–Crippen LogP) is 4.62. The number of aryl methyl sites for hydroxylation is 3. The third-order valence-corrected chi connectivity index (χ3v) is 7.60. The molecule has 0 fully saturated rings. The van der Waals surface area contributed by atoms with Gasteiger partial charge in [0.2, 0.25) is 0 Å². The van der Waals surface area contributed by atoms with Gasteiger partial charge in [-0.3, -0.25) is 9.36 Å². The van der Waals surface area contributed by atoms with Crippen molar-refractivity contribution < 1.29 is 14.3 Å². The van der Waals surface area contributed by atoms with Gasteiger partial charge in [0.25, 0.3) is 5.56 Å². The number of rotatable bonds is 6. The standard InChI is InChI=1S/C27H28N4O4S/c1-17-5-4-6-19(13-17)29-27(33)30-12-10-20-23(15-30)36-25-24(20)26(32)31(16-28-25)11-9-18-7-8-21(34-2)22(14-18)35-3/h4-8,13-14,16H,9-12,15H2,1-3H3,(H,29,33). The smallest absolute Gasteiger partial charge is 0.322 e. The van der Waals surface area contributed by atoms with Crippen LogP contribution < -0.4 is 20.3 Å². The first-order valence-electron chi connectivity index (χ1n) is 11.8. The van der Waals surface area contributed by atoms with Gasteiger partial charge in [0.1, 0.15) is 4.83 Å². The van der Waals surface area contributed by atoms with E-state index in [4.69, 9.17) is 9.47 Å². The van der Waals surface area contributed by atoms with E-state index in [1.807, 2.05) is 49.4 Å². The fourth-order valence-corrected chi connectivity index (χ4v) is 5.76. The molecule has 1 N–H and O–H groups in total. The van der Waals surface area contributed by atoms with Crippen LogP contribution in [-0.2, 0) is 25.9 Å². The molecule has 0 aliphatic carbocycles. The highest BCUT2D eigenvalue weighted by molar-refractivity contribution is 7.18. The lowest BCUT2D eigenvalue weighted by atomic mass is 10.1. The summed E-state index contributed by atoms with van der Waals surface area (Å²) in [5.41, 5.74) is 3.90. The van der Waals surface area contributed by atoms with E-state index in [2.05, 4.69) is 10.3 Å². The number of hydrogen-bond acceptors (Lipinski definition) is 6. The summed E-state index contributed by atoms with van der Waals surface area (Å²) in [5.74, 6) is 1.34. The Morgan fingerprint density at radius 2 is 1.97 bits per heavy atom. The highest BCUT2D eigenvalue weighted by Gasteiger charge is 2.26. The number of nitrogens with zero attached hydrogens (tertiary/aromatic N) is 3.